The van der Waals surface area contributed by atoms with E-state index in [9.17, 15) is 4.39 Å². The van der Waals surface area contributed by atoms with Crippen molar-refractivity contribution in [2.75, 3.05) is 6.67 Å². The van der Waals surface area contributed by atoms with E-state index in [-0.39, 0.29) is 12.7 Å². The van der Waals surface area contributed by atoms with Gasteiger partial charge in [0.2, 0.25) is 0 Å². The molecule has 0 saturated heterocycles. The van der Waals surface area contributed by atoms with E-state index in [1.54, 1.807) is 17.1 Å². The Hall–Kier alpha value is -3.03. The Morgan fingerprint density at radius 1 is 1.19 bits per heavy atom. The summed E-state index contributed by atoms with van der Waals surface area (Å²) in [7, 11) is 1.88. The fraction of sp³-hybridized carbons (Fsp3) is 0.368. The van der Waals surface area contributed by atoms with Crippen molar-refractivity contribution in [3.8, 4) is 22.6 Å². The number of imidazole rings is 1. The number of rotatable bonds is 6. The molecule has 1 aliphatic carbocycles. The van der Waals surface area contributed by atoms with Gasteiger partial charge < -0.3 is 0 Å². The third-order valence-corrected chi connectivity index (χ3v) is 5.16. The number of halogens is 1. The highest BCUT2D eigenvalue weighted by Gasteiger charge is 2.33. The Morgan fingerprint density at radius 2 is 2.04 bits per heavy atom. The molecule has 1 unspecified atom stereocenters. The molecule has 4 aromatic heterocycles. The summed E-state index contributed by atoms with van der Waals surface area (Å²) in [4.78, 5) is 9.27. The Bertz CT molecular complexity index is 1090. The van der Waals surface area contributed by atoms with Gasteiger partial charge in [0.05, 0.1) is 36.4 Å². The largest absolute Gasteiger partial charge is 0.284 e. The molecule has 7 nitrogen and oxygen atoms in total. The Labute approximate surface area is 155 Å². The van der Waals surface area contributed by atoms with Crippen LogP contribution in [0.1, 0.15) is 25.3 Å². The lowest BCUT2D eigenvalue weighted by molar-refractivity contribution is 0.330. The molecule has 0 bridgehead atoms. The number of hydrogen-bond acceptors (Lipinski definition) is 4. The van der Waals surface area contributed by atoms with Crippen LogP contribution in [0.15, 0.2) is 43.2 Å². The van der Waals surface area contributed by atoms with E-state index in [1.807, 2.05) is 47.0 Å². The average Bonchev–Trinajstić information content (AvgIpc) is 3.07. The molecule has 1 atom stereocenters. The van der Waals surface area contributed by atoms with Gasteiger partial charge in [-0.25, -0.2) is 9.97 Å². The minimum absolute atomic E-state index is 0.128. The van der Waals surface area contributed by atoms with Gasteiger partial charge in [-0.1, -0.05) is 0 Å². The van der Waals surface area contributed by atoms with Crippen LogP contribution in [-0.2, 0) is 7.05 Å². The molecule has 5 rings (SSSR count). The second kappa shape index (κ2) is 6.29. The SMILES string of the molecule is Cn1cc(-c2cc3nccn3c(-c3cnn(C(CCF)C4CC4)c3)n2)cn1. The van der Waals surface area contributed by atoms with Crippen LogP contribution < -0.4 is 0 Å². The lowest BCUT2D eigenvalue weighted by Gasteiger charge is -2.14. The van der Waals surface area contributed by atoms with Crippen LogP contribution in [0.4, 0.5) is 4.39 Å². The standard InChI is InChI=1S/C19H20FN7/c1-25-11-14(9-22-25)16-8-18-21-6-7-26(18)19(24-16)15-10-23-27(12-15)17(4-5-20)13-2-3-13/h6-13,17H,2-5H2,1H3. The predicted octanol–water partition coefficient (Wildman–Crippen LogP) is 3.30. The number of aromatic nitrogens is 7. The van der Waals surface area contributed by atoms with E-state index in [2.05, 4.69) is 15.2 Å². The van der Waals surface area contributed by atoms with Crippen LogP contribution in [0.2, 0.25) is 0 Å². The molecule has 1 saturated carbocycles. The summed E-state index contributed by atoms with van der Waals surface area (Å²) in [6, 6.07) is 2.07. The highest BCUT2D eigenvalue weighted by atomic mass is 19.1. The first-order valence-corrected chi connectivity index (χ1v) is 9.16. The molecule has 4 heterocycles. The van der Waals surface area contributed by atoms with Crippen molar-refractivity contribution in [3.05, 3.63) is 43.2 Å². The smallest absolute Gasteiger partial charge is 0.149 e. The second-order valence-electron chi connectivity index (χ2n) is 7.11. The molecule has 0 aromatic carbocycles. The zero-order chi connectivity index (χ0) is 18.4. The number of fused-ring (bicyclic) bond motifs is 1. The third-order valence-electron chi connectivity index (χ3n) is 5.16. The Kier molecular flexibility index (Phi) is 3.77. The van der Waals surface area contributed by atoms with Gasteiger partial charge in [-0.15, -0.1) is 0 Å². The highest BCUT2D eigenvalue weighted by Crippen LogP contribution is 2.41. The van der Waals surface area contributed by atoms with Gasteiger partial charge in [0.15, 0.2) is 0 Å². The summed E-state index contributed by atoms with van der Waals surface area (Å²) in [5, 5.41) is 8.77. The van der Waals surface area contributed by atoms with Gasteiger partial charge in [0, 0.05) is 43.5 Å². The zero-order valence-corrected chi connectivity index (χ0v) is 15.0. The van der Waals surface area contributed by atoms with Gasteiger partial charge in [0.25, 0.3) is 0 Å². The average molecular weight is 365 g/mol. The van der Waals surface area contributed by atoms with E-state index in [0.717, 1.165) is 41.1 Å². The zero-order valence-electron chi connectivity index (χ0n) is 15.0. The van der Waals surface area contributed by atoms with Crippen molar-refractivity contribution in [3.63, 3.8) is 0 Å². The molecule has 0 radical (unpaired) electrons. The van der Waals surface area contributed by atoms with Crippen LogP contribution in [-0.4, -0.2) is 40.6 Å². The summed E-state index contributed by atoms with van der Waals surface area (Å²) in [5.41, 5.74) is 3.46. The Morgan fingerprint density at radius 3 is 2.78 bits per heavy atom. The Balaban J connectivity index is 1.59. The van der Waals surface area contributed by atoms with Crippen molar-refractivity contribution in [1.29, 1.82) is 0 Å². The predicted molar refractivity (Wildman–Crippen MR) is 98.8 cm³/mol. The fourth-order valence-corrected chi connectivity index (χ4v) is 3.64. The first-order valence-electron chi connectivity index (χ1n) is 9.16. The summed E-state index contributed by atoms with van der Waals surface area (Å²) >= 11 is 0. The van der Waals surface area contributed by atoms with Crippen LogP contribution in [0.25, 0.3) is 28.3 Å². The molecule has 138 valence electrons. The summed E-state index contributed by atoms with van der Waals surface area (Å²) < 4.78 is 18.6. The maximum atomic E-state index is 13.0. The fourth-order valence-electron chi connectivity index (χ4n) is 3.64. The molecule has 1 fully saturated rings. The quantitative estimate of drug-likeness (QED) is 0.526. The molecular formula is C19H20FN7. The second-order valence-corrected chi connectivity index (χ2v) is 7.11. The van der Waals surface area contributed by atoms with Crippen LogP contribution in [0.3, 0.4) is 0 Å². The molecule has 0 N–H and O–H groups in total. The molecule has 0 aliphatic heterocycles. The van der Waals surface area contributed by atoms with Crippen molar-refractivity contribution in [1.82, 2.24) is 33.9 Å². The van der Waals surface area contributed by atoms with E-state index in [1.165, 1.54) is 0 Å². The topological polar surface area (TPSA) is 65.8 Å². The van der Waals surface area contributed by atoms with Gasteiger partial charge in [-0.3, -0.25) is 18.2 Å². The third kappa shape index (κ3) is 2.90. The molecule has 0 spiro atoms. The van der Waals surface area contributed by atoms with Gasteiger partial charge >= 0.3 is 0 Å². The maximum absolute atomic E-state index is 13.0. The molecule has 0 amide bonds. The molecule has 4 aromatic rings. The number of aryl methyl sites for hydroxylation is 1. The minimum Gasteiger partial charge on any atom is -0.284 e. The van der Waals surface area contributed by atoms with E-state index in [0.29, 0.717) is 12.3 Å². The molecule has 8 heteroatoms. The van der Waals surface area contributed by atoms with Crippen LogP contribution in [0.5, 0.6) is 0 Å². The number of nitrogens with zero attached hydrogens (tertiary/aromatic N) is 7. The van der Waals surface area contributed by atoms with Gasteiger partial charge in [-0.05, 0) is 25.2 Å². The van der Waals surface area contributed by atoms with Crippen molar-refractivity contribution in [2.24, 2.45) is 13.0 Å². The first kappa shape index (κ1) is 16.2. The molecule has 27 heavy (non-hydrogen) atoms. The lowest BCUT2D eigenvalue weighted by Crippen LogP contribution is -2.12. The number of alkyl halides is 1. The molecule has 1 aliphatic rings. The normalized spacial score (nSPS) is 15.5. The highest BCUT2D eigenvalue weighted by molar-refractivity contribution is 5.68. The monoisotopic (exact) mass is 365 g/mol. The minimum atomic E-state index is -0.323. The van der Waals surface area contributed by atoms with E-state index in [4.69, 9.17) is 4.98 Å². The summed E-state index contributed by atoms with van der Waals surface area (Å²) in [6.07, 6.45) is 14.0. The summed E-state index contributed by atoms with van der Waals surface area (Å²) in [6.45, 7) is -0.323. The van der Waals surface area contributed by atoms with E-state index >= 15 is 0 Å². The van der Waals surface area contributed by atoms with Gasteiger partial charge in [-0.2, -0.15) is 10.2 Å². The lowest BCUT2D eigenvalue weighted by atomic mass is 10.1. The van der Waals surface area contributed by atoms with Crippen molar-refractivity contribution >= 4 is 5.65 Å². The van der Waals surface area contributed by atoms with Crippen LogP contribution >= 0.6 is 0 Å². The van der Waals surface area contributed by atoms with Crippen molar-refractivity contribution < 1.29 is 4.39 Å². The first-order chi connectivity index (χ1) is 13.2. The summed E-state index contributed by atoms with van der Waals surface area (Å²) in [5.74, 6) is 1.31. The van der Waals surface area contributed by atoms with Crippen molar-refractivity contribution in [2.45, 2.75) is 25.3 Å². The van der Waals surface area contributed by atoms with E-state index < -0.39 is 0 Å². The maximum Gasteiger partial charge on any atom is 0.149 e. The molecular weight excluding hydrogens is 345 g/mol. The van der Waals surface area contributed by atoms with Gasteiger partial charge in [0.1, 0.15) is 11.5 Å². The number of hydrogen-bond donors (Lipinski definition) is 0. The van der Waals surface area contributed by atoms with Crippen LogP contribution in [0, 0.1) is 5.92 Å².